The quantitative estimate of drug-likeness (QED) is 0.574. The third-order valence-corrected chi connectivity index (χ3v) is 6.23. The van der Waals surface area contributed by atoms with E-state index in [1.54, 1.807) is 0 Å². The van der Waals surface area contributed by atoms with Gasteiger partial charge in [-0.3, -0.25) is 4.79 Å². The molecule has 4 heteroatoms. The molecule has 0 heterocycles. The summed E-state index contributed by atoms with van der Waals surface area (Å²) >= 11 is 0. The zero-order valence-electron chi connectivity index (χ0n) is 17.2. The van der Waals surface area contributed by atoms with Crippen LogP contribution in [0.5, 0.6) is 0 Å². The van der Waals surface area contributed by atoms with Crippen LogP contribution in [0.2, 0.25) is 0 Å². The normalized spacial score (nSPS) is 42.2. The molecule has 0 aromatic rings. The number of hydrogen-bond acceptors (Lipinski definition) is 4. The zero-order chi connectivity index (χ0) is 19.7. The van der Waals surface area contributed by atoms with Gasteiger partial charge in [0.05, 0.1) is 11.7 Å². The summed E-state index contributed by atoms with van der Waals surface area (Å²) in [6, 6.07) is 0. The summed E-state index contributed by atoms with van der Waals surface area (Å²) in [4.78, 5) is 11.8. The smallest absolute Gasteiger partial charge is 0.302 e. The van der Waals surface area contributed by atoms with Gasteiger partial charge >= 0.3 is 5.97 Å². The van der Waals surface area contributed by atoms with E-state index in [2.05, 4.69) is 26.0 Å². The Hall–Kier alpha value is -1.13. The van der Waals surface area contributed by atoms with Gasteiger partial charge in [-0.1, -0.05) is 37.6 Å². The van der Waals surface area contributed by atoms with Gasteiger partial charge in [0.15, 0.2) is 0 Å². The first kappa shape index (κ1) is 21.2. The van der Waals surface area contributed by atoms with Gasteiger partial charge in [0, 0.05) is 19.3 Å². The Morgan fingerprint density at radius 2 is 2.04 bits per heavy atom. The number of allylic oxidation sites excluding steroid dienone is 2. The molecule has 0 aliphatic heterocycles. The first-order chi connectivity index (χ1) is 11.9. The number of carbonyl (C=O) groups is 1. The summed E-state index contributed by atoms with van der Waals surface area (Å²) in [7, 11) is 0. The molecular weight excluding hydrogens is 328 g/mol. The highest BCUT2D eigenvalue weighted by molar-refractivity contribution is 5.66. The molecule has 0 radical (unpaired) electrons. The fourth-order valence-electron chi connectivity index (χ4n) is 5.02. The van der Waals surface area contributed by atoms with E-state index < -0.39 is 11.7 Å². The highest BCUT2D eigenvalue weighted by Crippen LogP contribution is 2.54. The maximum Gasteiger partial charge on any atom is 0.302 e. The van der Waals surface area contributed by atoms with Gasteiger partial charge in [0.1, 0.15) is 6.10 Å². The fourth-order valence-corrected chi connectivity index (χ4v) is 5.02. The van der Waals surface area contributed by atoms with Gasteiger partial charge in [-0.05, 0) is 57.3 Å². The Morgan fingerprint density at radius 3 is 2.62 bits per heavy atom. The Kier molecular flexibility index (Phi) is 6.40. The van der Waals surface area contributed by atoms with Crippen molar-refractivity contribution in [2.45, 2.75) is 85.0 Å². The number of rotatable bonds is 2. The molecule has 2 N–H and O–H groups in total. The van der Waals surface area contributed by atoms with Crippen LogP contribution in [0, 0.1) is 23.2 Å². The highest BCUT2D eigenvalue weighted by atomic mass is 16.5. The first-order valence-corrected chi connectivity index (χ1v) is 9.86. The number of aliphatic hydroxyl groups excluding tert-OH is 1. The van der Waals surface area contributed by atoms with Crippen molar-refractivity contribution in [1.29, 1.82) is 0 Å². The molecule has 0 aromatic carbocycles. The molecule has 0 bridgehead atoms. The second kappa shape index (κ2) is 7.85. The zero-order valence-corrected chi connectivity index (χ0v) is 17.2. The van der Waals surface area contributed by atoms with Crippen molar-refractivity contribution >= 4 is 5.97 Å². The average molecular weight is 365 g/mol. The molecule has 2 aliphatic rings. The second-order valence-electron chi connectivity index (χ2n) is 9.33. The van der Waals surface area contributed by atoms with Crippen molar-refractivity contribution in [3.8, 4) is 0 Å². The molecule has 1 fully saturated rings. The van der Waals surface area contributed by atoms with Crippen LogP contribution in [-0.2, 0) is 9.53 Å². The molecule has 4 nitrogen and oxygen atoms in total. The molecule has 1 saturated carbocycles. The monoisotopic (exact) mass is 364 g/mol. The Balaban J connectivity index is 2.52. The maximum absolute atomic E-state index is 11.8. The van der Waals surface area contributed by atoms with Crippen molar-refractivity contribution in [3.63, 3.8) is 0 Å². The SMILES string of the molecule is CC(=O)OC1C/C(C)=C/[C@H](O)CC(C)/C=C/[C@@]2(C)CCC(C(C)(C)O)C12. The molecule has 6 atom stereocenters. The van der Waals surface area contributed by atoms with Gasteiger partial charge in [-0.15, -0.1) is 0 Å². The predicted octanol–water partition coefficient (Wildman–Crippen LogP) is 4.01. The standard InChI is InChI=1S/C22H36O4/c1-14-7-9-22(6)10-8-18(21(4,5)25)20(22)19(26-16(3)23)13-15(2)12-17(24)11-14/h7,9,12,14,17-20,24-25H,8,10-11,13H2,1-6H3/b9-7+,15-12+/t14?,17-,18?,19?,20?,22+/m1/s1. The Bertz CT molecular complexity index is 571. The van der Waals surface area contributed by atoms with Crippen LogP contribution in [0.3, 0.4) is 0 Å². The van der Waals surface area contributed by atoms with Crippen molar-refractivity contribution in [2.24, 2.45) is 23.2 Å². The summed E-state index contributed by atoms with van der Waals surface area (Å²) in [5.74, 6) is 0.0565. The molecule has 2 rings (SSSR count). The summed E-state index contributed by atoms with van der Waals surface area (Å²) in [6.07, 6.45) is 8.65. The second-order valence-corrected chi connectivity index (χ2v) is 9.33. The lowest BCUT2D eigenvalue weighted by molar-refractivity contribution is -0.154. The molecular formula is C22H36O4. The molecule has 148 valence electrons. The topological polar surface area (TPSA) is 66.8 Å². The van der Waals surface area contributed by atoms with E-state index in [4.69, 9.17) is 4.74 Å². The minimum atomic E-state index is -0.836. The Labute approximate surface area is 158 Å². The minimum Gasteiger partial charge on any atom is -0.462 e. The van der Waals surface area contributed by atoms with E-state index in [1.165, 1.54) is 6.92 Å². The summed E-state index contributed by atoms with van der Waals surface area (Å²) in [6.45, 7) is 11.5. The number of fused-ring (bicyclic) bond motifs is 1. The van der Waals surface area contributed by atoms with Crippen molar-refractivity contribution in [2.75, 3.05) is 0 Å². The van der Waals surface area contributed by atoms with E-state index in [0.717, 1.165) is 18.4 Å². The van der Waals surface area contributed by atoms with Gasteiger partial charge in [0.2, 0.25) is 0 Å². The number of esters is 1. The van der Waals surface area contributed by atoms with Gasteiger partial charge in [-0.25, -0.2) is 0 Å². The largest absolute Gasteiger partial charge is 0.462 e. The molecule has 26 heavy (non-hydrogen) atoms. The van der Waals surface area contributed by atoms with Crippen LogP contribution >= 0.6 is 0 Å². The van der Waals surface area contributed by atoms with Crippen LogP contribution < -0.4 is 0 Å². The lowest BCUT2D eigenvalue weighted by Gasteiger charge is -2.41. The van der Waals surface area contributed by atoms with E-state index in [-0.39, 0.29) is 35.2 Å². The third-order valence-electron chi connectivity index (χ3n) is 6.23. The fraction of sp³-hybridized carbons (Fsp3) is 0.773. The number of ether oxygens (including phenoxy) is 1. The molecule has 2 aliphatic carbocycles. The van der Waals surface area contributed by atoms with E-state index in [1.807, 2.05) is 26.8 Å². The molecule has 0 aromatic heterocycles. The van der Waals surface area contributed by atoms with Crippen LogP contribution in [-0.4, -0.2) is 34.0 Å². The summed E-state index contributed by atoms with van der Waals surface area (Å²) in [5, 5.41) is 21.1. The Morgan fingerprint density at radius 1 is 1.38 bits per heavy atom. The van der Waals surface area contributed by atoms with Gasteiger partial charge in [-0.2, -0.15) is 0 Å². The average Bonchev–Trinajstić information content (AvgIpc) is 2.81. The first-order valence-electron chi connectivity index (χ1n) is 9.86. The van der Waals surface area contributed by atoms with Crippen LogP contribution in [0.4, 0.5) is 0 Å². The highest BCUT2D eigenvalue weighted by Gasteiger charge is 2.53. The van der Waals surface area contributed by atoms with Crippen LogP contribution in [0.1, 0.15) is 67.2 Å². The van der Waals surface area contributed by atoms with Crippen molar-refractivity contribution in [3.05, 3.63) is 23.8 Å². The molecule has 0 amide bonds. The predicted molar refractivity (Wildman–Crippen MR) is 103 cm³/mol. The number of aliphatic hydroxyl groups is 2. The van der Waals surface area contributed by atoms with E-state index in [9.17, 15) is 15.0 Å². The third kappa shape index (κ3) is 4.98. The van der Waals surface area contributed by atoms with E-state index in [0.29, 0.717) is 12.8 Å². The van der Waals surface area contributed by atoms with E-state index >= 15 is 0 Å². The summed E-state index contributed by atoms with van der Waals surface area (Å²) < 4.78 is 5.79. The summed E-state index contributed by atoms with van der Waals surface area (Å²) in [5.41, 5.74) is 0.0493. The maximum atomic E-state index is 11.8. The number of carbonyl (C=O) groups excluding carboxylic acids is 1. The van der Waals surface area contributed by atoms with Crippen LogP contribution in [0.15, 0.2) is 23.8 Å². The van der Waals surface area contributed by atoms with Gasteiger partial charge < -0.3 is 14.9 Å². The molecule has 4 unspecified atom stereocenters. The van der Waals surface area contributed by atoms with Crippen LogP contribution in [0.25, 0.3) is 0 Å². The van der Waals surface area contributed by atoms with Crippen molar-refractivity contribution in [1.82, 2.24) is 0 Å². The minimum absolute atomic E-state index is 0.0356. The molecule has 0 saturated heterocycles. The molecule has 0 spiro atoms. The van der Waals surface area contributed by atoms with Crippen molar-refractivity contribution < 1.29 is 19.7 Å². The van der Waals surface area contributed by atoms with Gasteiger partial charge in [0.25, 0.3) is 0 Å². The number of hydrogen-bond donors (Lipinski definition) is 2. The lowest BCUT2D eigenvalue weighted by Crippen LogP contribution is -2.44. The lowest BCUT2D eigenvalue weighted by atomic mass is 9.68.